The summed E-state index contributed by atoms with van der Waals surface area (Å²) in [6, 6.07) is 7.80. The van der Waals surface area contributed by atoms with E-state index in [2.05, 4.69) is 4.98 Å². The molecule has 7 nitrogen and oxygen atoms in total. The standard InChI is InChI=1S/C20H25N3O4S/c1-3-26-17-7-5-15(6-8-17)19-21-16(14-28-19)13-18(24)22-9-11-23(12-10-22)20(25)27-4-2/h5-8,14H,3-4,9-13H2,1-2H3. The van der Waals surface area contributed by atoms with Crippen LogP contribution in [-0.4, -0.2) is 66.2 Å². The van der Waals surface area contributed by atoms with E-state index in [1.165, 1.54) is 11.3 Å². The number of piperazine rings is 1. The number of carbonyl (C=O) groups excluding carboxylic acids is 2. The summed E-state index contributed by atoms with van der Waals surface area (Å²) in [5, 5.41) is 2.82. The summed E-state index contributed by atoms with van der Waals surface area (Å²) >= 11 is 1.53. The lowest BCUT2D eigenvalue weighted by Crippen LogP contribution is -2.51. The lowest BCUT2D eigenvalue weighted by Gasteiger charge is -2.34. The van der Waals surface area contributed by atoms with E-state index < -0.39 is 0 Å². The molecule has 0 radical (unpaired) electrons. The van der Waals surface area contributed by atoms with Crippen molar-refractivity contribution in [1.29, 1.82) is 0 Å². The Morgan fingerprint density at radius 2 is 1.71 bits per heavy atom. The fourth-order valence-corrected chi connectivity index (χ4v) is 3.83. The number of nitrogens with zero attached hydrogens (tertiary/aromatic N) is 3. The van der Waals surface area contributed by atoms with Crippen molar-refractivity contribution < 1.29 is 19.1 Å². The summed E-state index contributed by atoms with van der Waals surface area (Å²) in [4.78, 5) is 32.3. The van der Waals surface area contributed by atoms with Gasteiger partial charge in [-0.05, 0) is 38.1 Å². The fraction of sp³-hybridized carbons (Fsp3) is 0.450. The minimum atomic E-state index is -0.311. The number of benzene rings is 1. The molecule has 1 aromatic heterocycles. The van der Waals surface area contributed by atoms with Crippen LogP contribution < -0.4 is 4.74 Å². The van der Waals surface area contributed by atoms with Crippen LogP contribution in [0.25, 0.3) is 10.6 Å². The highest BCUT2D eigenvalue weighted by molar-refractivity contribution is 7.13. The maximum Gasteiger partial charge on any atom is 0.409 e. The van der Waals surface area contributed by atoms with Crippen LogP contribution in [0.3, 0.4) is 0 Å². The SMILES string of the molecule is CCOC(=O)N1CCN(C(=O)Cc2csc(-c3ccc(OCC)cc3)n2)CC1. The largest absolute Gasteiger partial charge is 0.494 e. The zero-order chi connectivity index (χ0) is 19.9. The molecule has 0 spiro atoms. The number of hydrogen-bond acceptors (Lipinski definition) is 6. The smallest absolute Gasteiger partial charge is 0.409 e. The van der Waals surface area contributed by atoms with Crippen LogP contribution in [0, 0.1) is 0 Å². The Morgan fingerprint density at radius 1 is 1.04 bits per heavy atom. The molecule has 3 rings (SSSR count). The molecule has 2 heterocycles. The number of ether oxygens (including phenoxy) is 2. The Kier molecular flexibility index (Phi) is 6.86. The number of aromatic nitrogens is 1. The minimum Gasteiger partial charge on any atom is -0.494 e. The van der Waals surface area contributed by atoms with E-state index in [4.69, 9.17) is 9.47 Å². The summed E-state index contributed by atoms with van der Waals surface area (Å²) in [5.41, 5.74) is 1.78. The van der Waals surface area contributed by atoms with Gasteiger partial charge in [0.15, 0.2) is 0 Å². The highest BCUT2D eigenvalue weighted by atomic mass is 32.1. The van der Waals surface area contributed by atoms with Crippen molar-refractivity contribution >= 4 is 23.3 Å². The number of rotatable bonds is 6. The maximum atomic E-state index is 12.6. The zero-order valence-corrected chi connectivity index (χ0v) is 17.0. The number of carbonyl (C=O) groups is 2. The van der Waals surface area contributed by atoms with Crippen LogP contribution in [0.2, 0.25) is 0 Å². The van der Waals surface area contributed by atoms with Gasteiger partial charge in [0.1, 0.15) is 10.8 Å². The molecule has 2 aromatic rings. The molecular formula is C20H25N3O4S. The summed E-state index contributed by atoms with van der Waals surface area (Å²) < 4.78 is 10.5. The monoisotopic (exact) mass is 403 g/mol. The van der Waals surface area contributed by atoms with E-state index in [0.717, 1.165) is 22.0 Å². The first-order valence-corrected chi connectivity index (χ1v) is 10.4. The third-order valence-corrected chi connectivity index (χ3v) is 5.39. The average molecular weight is 404 g/mol. The second-order valence-electron chi connectivity index (χ2n) is 6.34. The van der Waals surface area contributed by atoms with Gasteiger partial charge in [0.05, 0.1) is 25.3 Å². The Morgan fingerprint density at radius 3 is 2.36 bits per heavy atom. The Bertz CT molecular complexity index is 798. The lowest BCUT2D eigenvalue weighted by molar-refractivity contribution is -0.132. The Labute approximate surface area is 168 Å². The van der Waals surface area contributed by atoms with Crippen molar-refractivity contribution in [2.45, 2.75) is 20.3 Å². The van der Waals surface area contributed by atoms with Crippen LogP contribution in [0.1, 0.15) is 19.5 Å². The van der Waals surface area contributed by atoms with Gasteiger partial charge in [-0.15, -0.1) is 11.3 Å². The second kappa shape index (κ2) is 9.54. The van der Waals surface area contributed by atoms with E-state index in [-0.39, 0.29) is 18.4 Å². The molecule has 0 aliphatic carbocycles. The first-order chi connectivity index (χ1) is 13.6. The normalized spacial score (nSPS) is 14.1. The third-order valence-electron chi connectivity index (χ3n) is 4.45. The van der Waals surface area contributed by atoms with Gasteiger partial charge in [-0.1, -0.05) is 0 Å². The van der Waals surface area contributed by atoms with Gasteiger partial charge < -0.3 is 19.3 Å². The topological polar surface area (TPSA) is 72.0 Å². The van der Waals surface area contributed by atoms with E-state index in [1.54, 1.807) is 16.7 Å². The molecule has 0 N–H and O–H groups in total. The molecule has 1 aromatic carbocycles. The molecule has 1 saturated heterocycles. The van der Waals surface area contributed by atoms with Crippen molar-refractivity contribution in [1.82, 2.24) is 14.8 Å². The molecule has 1 aliphatic heterocycles. The molecular weight excluding hydrogens is 378 g/mol. The van der Waals surface area contributed by atoms with Crippen molar-refractivity contribution in [3.8, 4) is 16.3 Å². The second-order valence-corrected chi connectivity index (χ2v) is 7.20. The highest BCUT2D eigenvalue weighted by Gasteiger charge is 2.25. The van der Waals surface area contributed by atoms with Crippen molar-refractivity contribution in [3.63, 3.8) is 0 Å². The summed E-state index contributed by atoms with van der Waals surface area (Å²) in [5.74, 6) is 0.868. The van der Waals surface area contributed by atoms with Gasteiger partial charge in [0, 0.05) is 37.1 Å². The number of thiazole rings is 1. The highest BCUT2D eigenvalue weighted by Crippen LogP contribution is 2.26. The average Bonchev–Trinajstić information content (AvgIpc) is 3.17. The van der Waals surface area contributed by atoms with Gasteiger partial charge >= 0.3 is 6.09 Å². The van der Waals surface area contributed by atoms with Gasteiger partial charge in [-0.3, -0.25) is 4.79 Å². The maximum absolute atomic E-state index is 12.6. The van der Waals surface area contributed by atoms with Crippen LogP contribution in [0.15, 0.2) is 29.6 Å². The van der Waals surface area contributed by atoms with Gasteiger partial charge in [-0.2, -0.15) is 0 Å². The Balaban J connectivity index is 1.53. The first kappa shape index (κ1) is 20.1. The summed E-state index contributed by atoms with van der Waals surface area (Å²) in [7, 11) is 0. The molecule has 0 bridgehead atoms. The van der Waals surface area contributed by atoms with E-state index >= 15 is 0 Å². The lowest BCUT2D eigenvalue weighted by atomic mass is 10.2. The molecule has 1 fully saturated rings. The quantitative estimate of drug-likeness (QED) is 0.741. The van der Waals surface area contributed by atoms with Crippen molar-refractivity contribution in [2.24, 2.45) is 0 Å². The predicted octanol–water partition coefficient (Wildman–Crippen LogP) is 3.05. The van der Waals surface area contributed by atoms with Crippen LogP contribution in [0.4, 0.5) is 4.79 Å². The molecule has 0 atom stereocenters. The molecule has 150 valence electrons. The van der Waals surface area contributed by atoms with Gasteiger partial charge in [0.25, 0.3) is 0 Å². The molecule has 28 heavy (non-hydrogen) atoms. The third kappa shape index (κ3) is 5.01. The molecule has 0 saturated carbocycles. The van der Waals surface area contributed by atoms with Crippen LogP contribution in [-0.2, 0) is 16.0 Å². The summed E-state index contributed by atoms with van der Waals surface area (Å²) in [6.07, 6.45) is -0.0403. The van der Waals surface area contributed by atoms with E-state index in [1.807, 2.05) is 36.6 Å². The molecule has 2 amide bonds. The van der Waals surface area contributed by atoms with Crippen molar-refractivity contribution in [2.75, 3.05) is 39.4 Å². The predicted molar refractivity (Wildman–Crippen MR) is 108 cm³/mol. The fourth-order valence-electron chi connectivity index (χ4n) is 3.00. The molecule has 0 unspecified atom stereocenters. The van der Waals surface area contributed by atoms with E-state index in [9.17, 15) is 9.59 Å². The minimum absolute atomic E-state index is 0.0343. The van der Waals surface area contributed by atoms with Gasteiger partial charge in [0.2, 0.25) is 5.91 Å². The van der Waals surface area contributed by atoms with E-state index in [0.29, 0.717) is 39.4 Å². The molecule has 8 heteroatoms. The zero-order valence-electron chi connectivity index (χ0n) is 16.2. The number of amides is 2. The van der Waals surface area contributed by atoms with Crippen LogP contribution in [0.5, 0.6) is 5.75 Å². The van der Waals surface area contributed by atoms with Gasteiger partial charge in [-0.25, -0.2) is 9.78 Å². The van der Waals surface area contributed by atoms with Crippen LogP contribution >= 0.6 is 11.3 Å². The Hall–Kier alpha value is -2.61. The first-order valence-electron chi connectivity index (χ1n) is 9.47. The number of hydrogen-bond donors (Lipinski definition) is 0. The summed E-state index contributed by atoms with van der Waals surface area (Å²) in [6.45, 7) is 6.77. The molecule has 1 aliphatic rings. The van der Waals surface area contributed by atoms with Crippen molar-refractivity contribution in [3.05, 3.63) is 35.3 Å².